The molecule has 3 N–H and O–H groups in total. The summed E-state index contributed by atoms with van der Waals surface area (Å²) < 4.78 is 29.3. The Hall–Kier alpha value is -1.19. The molecular weight excluding hydrogens is 266 g/mol. The van der Waals surface area contributed by atoms with E-state index in [0.717, 1.165) is 0 Å². The molecule has 0 radical (unpaired) electrons. The lowest BCUT2D eigenvalue weighted by Crippen LogP contribution is -2.32. The third-order valence-corrected chi connectivity index (χ3v) is 3.29. The first kappa shape index (κ1) is 16.8. The summed E-state index contributed by atoms with van der Waals surface area (Å²) in [6.45, 7) is 1.58. The molecule has 0 saturated heterocycles. The van der Waals surface area contributed by atoms with Crippen LogP contribution in [0.2, 0.25) is 0 Å². The zero-order valence-electron chi connectivity index (χ0n) is 9.96. The monoisotopic (exact) mass is 283 g/mol. The lowest BCUT2D eigenvalue weighted by atomic mass is 10.3. The van der Waals surface area contributed by atoms with Crippen molar-refractivity contribution in [3.05, 3.63) is 0 Å². The third kappa shape index (κ3) is 7.98. The second-order valence-electron chi connectivity index (χ2n) is 3.41. The Kier molecular flexibility index (Phi) is 7.48. The molecule has 106 valence electrons. The Balaban J connectivity index is 3.94. The van der Waals surface area contributed by atoms with E-state index in [1.807, 2.05) is 0 Å². The van der Waals surface area contributed by atoms with Crippen molar-refractivity contribution in [2.24, 2.45) is 0 Å². The van der Waals surface area contributed by atoms with Crippen molar-refractivity contribution in [1.82, 2.24) is 4.72 Å². The quantitative estimate of drug-likeness (QED) is 0.448. The summed E-state index contributed by atoms with van der Waals surface area (Å²) in [5.74, 6) is -2.47. The molecule has 1 atom stereocenters. The molecule has 0 amide bonds. The van der Waals surface area contributed by atoms with Gasteiger partial charge in [0.15, 0.2) is 6.10 Å². The lowest BCUT2D eigenvalue weighted by Gasteiger charge is -2.08. The maximum absolute atomic E-state index is 11.3. The van der Waals surface area contributed by atoms with E-state index in [-0.39, 0.29) is 26.0 Å². The molecule has 0 aromatic carbocycles. The molecule has 0 rings (SSSR count). The van der Waals surface area contributed by atoms with E-state index >= 15 is 0 Å². The number of aliphatic hydroxyl groups is 1. The Morgan fingerprint density at radius 2 is 2.00 bits per heavy atom. The van der Waals surface area contributed by atoms with Gasteiger partial charge in [0, 0.05) is 6.54 Å². The minimum absolute atomic E-state index is 0.178. The van der Waals surface area contributed by atoms with Crippen LogP contribution < -0.4 is 4.72 Å². The van der Waals surface area contributed by atoms with E-state index in [1.54, 1.807) is 6.92 Å². The van der Waals surface area contributed by atoms with Crippen LogP contribution in [0.25, 0.3) is 0 Å². The van der Waals surface area contributed by atoms with Crippen LogP contribution in [-0.2, 0) is 24.3 Å². The summed E-state index contributed by atoms with van der Waals surface area (Å²) in [7, 11) is -3.67. The molecule has 0 aliphatic heterocycles. The zero-order valence-corrected chi connectivity index (χ0v) is 10.8. The fraction of sp³-hybridized carbons (Fsp3) is 0.778. The number of rotatable bonds is 9. The third-order valence-electron chi connectivity index (χ3n) is 1.91. The van der Waals surface area contributed by atoms with E-state index in [9.17, 15) is 18.0 Å². The summed E-state index contributed by atoms with van der Waals surface area (Å²) in [6, 6.07) is 0. The fourth-order valence-electron chi connectivity index (χ4n) is 0.998. The van der Waals surface area contributed by atoms with Gasteiger partial charge in [0.2, 0.25) is 10.0 Å². The maximum Gasteiger partial charge on any atom is 0.332 e. The summed E-state index contributed by atoms with van der Waals surface area (Å²) in [5.41, 5.74) is 0. The van der Waals surface area contributed by atoms with Gasteiger partial charge in [-0.3, -0.25) is 4.79 Å². The number of carbonyl (C=O) groups excluding carboxylic acids is 1. The van der Waals surface area contributed by atoms with Crippen LogP contribution in [0.1, 0.15) is 19.8 Å². The predicted molar refractivity (Wildman–Crippen MR) is 61.3 cm³/mol. The molecule has 0 heterocycles. The van der Waals surface area contributed by atoms with Gasteiger partial charge in [-0.05, 0) is 13.3 Å². The van der Waals surface area contributed by atoms with Crippen LogP contribution in [0.4, 0.5) is 0 Å². The first-order valence-electron chi connectivity index (χ1n) is 5.32. The van der Waals surface area contributed by atoms with Crippen molar-refractivity contribution in [2.45, 2.75) is 25.9 Å². The van der Waals surface area contributed by atoms with Gasteiger partial charge >= 0.3 is 11.9 Å². The minimum atomic E-state index is -3.67. The number of aliphatic carboxylic acids is 1. The largest absolute Gasteiger partial charge is 0.479 e. The van der Waals surface area contributed by atoms with Gasteiger partial charge in [0.1, 0.15) is 0 Å². The lowest BCUT2D eigenvalue weighted by molar-refractivity contribution is -0.146. The average molecular weight is 283 g/mol. The molecule has 0 spiro atoms. The van der Waals surface area contributed by atoms with Gasteiger partial charge in [-0.2, -0.15) is 0 Å². The van der Waals surface area contributed by atoms with Crippen LogP contribution in [-0.4, -0.2) is 55.6 Å². The van der Waals surface area contributed by atoms with Gasteiger partial charge in [-0.1, -0.05) is 0 Å². The van der Waals surface area contributed by atoms with E-state index in [4.69, 9.17) is 10.2 Å². The first-order chi connectivity index (χ1) is 8.28. The molecule has 0 saturated carbocycles. The number of sulfonamides is 1. The second kappa shape index (κ2) is 8.01. The molecule has 8 nitrogen and oxygen atoms in total. The fourth-order valence-corrected chi connectivity index (χ4v) is 2.01. The smallest absolute Gasteiger partial charge is 0.332 e. The molecule has 0 aliphatic rings. The zero-order chi connectivity index (χ0) is 14.2. The highest BCUT2D eigenvalue weighted by atomic mass is 32.2. The average Bonchev–Trinajstić information content (AvgIpc) is 2.26. The SMILES string of the molecule is CCOC(=O)CCS(=O)(=O)NCCC(O)C(=O)O. The van der Waals surface area contributed by atoms with Crippen LogP contribution in [0.5, 0.6) is 0 Å². The number of esters is 1. The highest BCUT2D eigenvalue weighted by molar-refractivity contribution is 7.89. The van der Waals surface area contributed by atoms with Crippen molar-refractivity contribution < 1.29 is 33.0 Å². The highest BCUT2D eigenvalue weighted by Gasteiger charge is 2.16. The number of hydrogen-bond acceptors (Lipinski definition) is 6. The summed E-state index contributed by atoms with van der Waals surface area (Å²) in [5, 5.41) is 17.3. The normalized spacial score (nSPS) is 13.0. The predicted octanol–water partition coefficient (Wildman–Crippen LogP) is -1.31. The topological polar surface area (TPSA) is 130 Å². The maximum atomic E-state index is 11.3. The number of nitrogens with one attached hydrogen (secondary N) is 1. The number of aliphatic hydroxyl groups excluding tert-OH is 1. The number of ether oxygens (including phenoxy) is 1. The minimum Gasteiger partial charge on any atom is -0.479 e. The van der Waals surface area contributed by atoms with E-state index < -0.39 is 33.8 Å². The molecule has 0 bridgehead atoms. The molecule has 0 aromatic rings. The Labute approximate surface area is 105 Å². The van der Waals surface area contributed by atoms with Gasteiger partial charge < -0.3 is 14.9 Å². The van der Waals surface area contributed by atoms with Crippen molar-refractivity contribution in [2.75, 3.05) is 18.9 Å². The molecule has 0 aliphatic carbocycles. The Morgan fingerprint density at radius 1 is 1.39 bits per heavy atom. The van der Waals surface area contributed by atoms with Gasteiger partial charge in [-0.25, -0.2) is 17.9 Å². The van der Waals surface area contributed by atoms with Crippen molar-refractivity contribution in [3.63, 3.8) is 0 Å². The number of carboxylic acid groups (broad SMARTS) is 1. The standard InChI is InChI=1S/C9H17NO7S/c1-2-17-8(12)4-6-18(15,16)10-5-3-7(11)9(13)14/h7,10-11H,2-6H2,1H3,(H,13,14). The van der Waals surface area contributed by atoms with E-state index in [0.29, 0.717) is 0 Å². The van der Waals surface area contributed by atoms with Gasteiger partial charge in [-0.15, -0.1) is 0 Å². The molecule has 0 aromatic heterocycles. The summed E-state index contributed by atoms with van der Waals surface area (Å²) >= 11 is 0. The van der Waals surface area contributed by atoms with Crippen molar-refractivity contribution >= 4 is 22.0 Å². The number of hydrogen-bond donors (Lipinski definition) is 3. The molecule has 0 fully saturated rings. The van der Waals surface area contributed by atoms with Crippen LogP contribution in [0.3, 0.4) is 0 Å². The Bertz CT molecular complexity index is 378. The Morgan fingerprint density at radius 3 is 2.50 bits per heavy atom. The van der Waals surface area contributed by atoms with E-state index in [2.05, 4.69) is 9.46 Å². The van der Waals surface area contributed by atoms with Crippen molar-refractivity contribution in [3.8, 4) is 0 Å². The summed E-state index contributed by atoms with van der Waals surface area (Å²) in [4.78, 5) is 21.2. The molecule has 18 heavy (non-hydrogen) atoms. The highest BCUT2D eigenvalue weighted by Crippen LogP contribution is 1.95. The second-order valence-corrected chi connectivity index (χ2v) is 5.34. The van der Waals surface area contributed by atoms with Crippen molar-refractivity contribution in [1.29, 1.82) is 0 Å². The first-order valence-corrected chi connectivity index (χ1v) is 6.97. The number of carbonyl (C=O) groups is 2. The van der Waals surface area contributed by atoms with Gasteiger partial charge in [0.05, 0.1) is 18.8 Å². The van der Waals surface area contributed by atoms with E-state index in [1.165, 1.54) is 0 Å². The molecule has 1 unspecified atom stereocenters. The molecular formula is C9H17NO7S. The molecule has 9 heteroatoms. The van der Waals surface area contributed by atoms with Crippen LogP contribution in [0, 0.1) is 0 Å². The summed E-state index contributed by atoms with van der Waals surface area (Å²) in [6.07, 6.45) is -2.13. The number of carboxylic acids is 1. The van der Waals surface area contributed by atoms with Crippen LogP contribution >= 0.6 is 0 Å². The van der Waals surface area contributed by atoms with Gasteiger partial charge in [0.25, 0.3) is 0 Å². The van der Waals surface area contributed by atoms with Crippen LogP contribution in [0.15, 0.2) is 0 Å².